The quantitative estimate of drug-likeness (QED) is 0.843. The van der Waals surface area contributed by atoms with Crippen molar-refractivity contribution in [2.75, 3.05) is 6.54 Å². The van der Waals surface area contributed by atoms with E-state index >= 15 is 0 Å². The van der Waals surface area contributed by atoms with Crippen LogP contribution in [0.25, 0.3) is 6.08 Å². The van der Waals surface area contributed by atoms with Crippen molar-refractivity contribution in [3.8, 4) is 0 Å². The molecule has 1 aromatic heterocycles. The number of furan rings is 1. The lowest BCUT2D eigenvalue weighted by Gasteiger charge is -2.37. The van der Waals surface area contributed by atoms with E-state index in [0.29, 0.717) is 0 Å². The average molecular weight is 219 g/mol. The van der Waals surface area contributed by atoms with Gasteiger partial charge >= 0.3 is 0 Å². The van der Waals surface area contributed by atoms with Gasteiger partial charge in [-0.15, -0.1) is 0 Å². The topological polar surface area (TPSA) is 39.2 Å². The monoisotopic (exact) mass is 219 g/mol. The van der Waals surface area contributed by atoms with E-state index in [1.54, 1.807) is 6.26 Å². The van der Waals surface area contributed by atoms with Crippen LogP contribution in [0.5, 0.6) is 0 Å². The standard InChI is InChI=1S/C14H21NO/c1-12(10-13-6-5-9-16-13)14(11-15)7-3-2-4-8-14/h5-6,9-10H,2-4,7-8,11,15H2,1H3/b12-10+. The third-order valence-electron chi connectivity index (χ3n) is 3.94. The highest BCUT2D eigenvalue weighted by atomic mass is 16.3. The van der Waals surface area contributed by atoms with Crippen molar-refractivity contribution in [2.24, 2.45) is 11.1 Å². The van der Waals surface area contributed by atoms with Crippen molar-refractivity contribution in [2.45, 2.75) is 39.0 Å². The summed E-state index contributed by atoms with van der Waals surface area (Å²) in [6, 6.07) is 3.92. The lowest BCUT2D eigenvalue weighted by Crippen LogP contribution is -2.33. The minimum Gasteiger partial charge on any atom is -0.465 e. The van der Waals surface area contributed by atoms with E-state index in [1.165, 1.54) is 37.7 Å². The molecule has 2 heteroatoms. The molecular formula is C14H21NO. The van der Waals surface area contributed by atoms with Crippen molar-refractivity contribution in [1.29, 1.82) is 0 Å². The maximum atomic E-state index is 6.00. The van der Waals surface area contributed by atoms with Gasteiger partial charge in [0.1, 0.15) is 5.76 Å². The molecule has 16 heavy (non-hydrogen) atoms. The van der Waals surface area contributed by atoms with Gasteiger partial charge in [-0.2, -0.15) is 0 Å². The zero-order chi connectivity index (χ0) is 11.4. The molecule has 0 unspecified atom stereocenters. The van der Waals surface area contributed by atoms with Gasteiger partial charge in [-0.1, -0.05) is 24.8 Å². The first kappa shape index (κ1) is 11.5. The minimum absolute atomic E-state index is 0.227. The van der Waals surface area contributed by atoms with Gasteiger partial charge in [-0.25, -0.2) is 0 Å². The van der Waals surface area contributed by atoms with Crippen LogP contribution in [0.1, 0.15) is 44.8 Å². The Hall–Kier alpha value is -1.02. The van der Waals surface area contributed by atoms with Crippen molar-refractivity contribution >= 4 is 6.08 Å². The Bertz CT molecular complexity index is 345. The molecule has 1 saturated carbocycles. The van der Waals surface area contributed by atoms with Gasteiger partial charge in [0.2, 0.25) is 0 Å². The molecule has 1 heterocycles. The van der Waals surface area contributed by atoms with Gasteiger partial charge in [-0.3, -0.25) is 0 Å². The van der Waals surface area contributed by atoms with Gasteiger partial charge < -0.3 is 10.2 Å². The Morgan fingerprint density at radius 3 is 2.75 bits per heavy atom. The molecule has 0 radical (unpaired) electrons. The first-order chi connectivity index (χ1) is 7.77. The second-order valence-corrected chi connectivity index (χ2v) is 4.89. The zero-order valence-corrected chi connectivity index (χ0v) is 10.0. The molecule has 88 valence electrons. The van der Waals surface area contributed by atoms with E-state index in [1.807, 2.05) is 12.1 Å². The van der Waals surface area contributed by atoms with Gasteiger partial charge in [0.15, 0.2) is 0 Å². The second kappa shape index (κ2) is 4.88. The smallest absolute Gasteiger partial charge is 0.126 e. The number of hydrogen-bond donors (Lipinski definition) is 1. The highest BCUT2D eigenvalue weighted by Crippen LogP contribution is 2.42. The predicted molar refractivity (Wildman–Crippen MR) is 66.9 cm³/mol. The lowest BCUT2D eigenvalue weighted by atomic mass is 9.69. The van der Waals surface area contributed by atoms with Gasteiger partial charge in [-0.05, 0) is 38.0 Å². The Labute approximate surface area is 97.5 Å². The van der Waals surface area contributed by atoms with E-state index in [2.05, 4.69) is 13.0 Å². The first-order valence-electron chi connectivity index (χ1n) is 6.19. The predicted octanol–water partition coefficient (Wildman–Crippen LogP) is 3.59. The average Bonchev–Trinajstić information content (AvgIpc) is 2.82. The van der Waals surface area contributed by atoms with Crippen molar-refractivity contribution in [3.63, 3.8) is 0 Å². The third-order valence-corrected chi connectivity index (χ3v) is 3.94. The summed E-state index contributed by atoms with van der Waals surface area (Å²) < 4.78 is 5.37. The summed E-state index contributed by atoms with van der Waals surface area (Å²) in [5, 5.41) is 0. The van der Waals surface area contributed by atoms with Crippen molar-refractivity contribution in [1.82, 2.24) is 0 Å². The van der Waals surface area contributed by atoms with Crippen molar-refractivity contribution < 1.29 is 4.42 Å². The lowest BCUT2D eigenvalue weighted by molar-refractivity contribution is 0.250. The molecule has 1 fully saturated rings. The van der Waals surface area contributed by atoms with Crippen LogP contribution in [0.4, 0.5) is 0 Å². The van der Waals surface area contributed by atoms with Crippen LogP contribution >= 0.6 is 0 Å². The summed E-state index contributed by atoms with van der Waals surface area (Å²) in [5.74, 6) is 0.941. The molecular weight excluding hydrogens is 198 g/mol. The fourth-order valence-corrected chi connectivity index (χ4v) is 2.73. The Balaban J connectivity index is 2.20. The minimum atomic E-state index is 0.227. The molecule has 0 saturated heterocycles. The Morgan fingerprint density at radius 2 is 2.19 bits per heavy atom. The van der Waals surface area contributed by atoms with E-state index < -0.39 is 0 Å². The molecule has 0 amide bonds. The molecule has 0 bridgehead atoms. The molecule has 2 nitrogen and oxygen atoms in total. The van der Waals surface area contributed by atoms with Crippen LogP contribution in [-0.4, -0.2) is 6.54 Å². The maximum Gasteiger partial charge on any atom is 0.126 e. The van der Waals surface area contributed by atoms with Crippen LogP contribution in [-0.2, 0) is 0 Å². The number of rotatable bonds is 3. The Morgan fingerprint density at radius 1 is 1.44 bits per heavy atom. The molecule has 0 spiro atoms. The van der Waals surface area contributed by atoms with Crippen LogP contribution < -0.4 is 5.73 Å². The van der Waals surface area contributed by atoms with Crippen LogP contribution in [0.15, 0.2) is 28.4 Å². The normalized spacial score (nSPS) is 21.0. The SMILES string of the molecule is C/C(=C\c1ccco1)C1(CN)CCCCC1. The molecule has 1 aromatic rings. The number of nitrogens with two attached hydrogens (primary N) is 1. The largest absolute Gasteiger partial charge is 0.465 e. The van der Waals surface area contributed by atoms with E-state index in [4.69, 9.17) is 10.2 Å². The number of hydrogen-bond acceptors (Lipinski definition) is 2. The second-order valence-electron chi connectivity index (χ2n) is 4.89. The summed E-state index contributed by atoms with van der Waals surface area (Å²) in [6.45, 7) is 2.96. The van der Waals surface area contributed by atoms with Gasteiger partial charge in [0, 0.05) is 12.0 Å². The highest BCUT2D eigenvalue weighted by molar-refractivity contribution is 5.48. The maximum absolute atomic E-state index is 6.00. The van der Waals surface area contributed by atoms with E-state index in [9.17, 15) is 0 Å². The summed E-state index contributed by atoms with van der Waals surface area (Å²) in [7, 11) is 0. The third kappa shape index (κ3) is 2.22. The van der Waals surface area contributed by atoms with Crippen molar-refractivity contribution in [3.05, 3.63) is 29.7 Å². The van der Waals surface area contributed by atoms with E-state index in [-0.39, 0.29) is 5.41 Å². The van der Waals surface area contributed by atoms with Crippen LogP contribution in [0.2, 0.25) is 0 Å². The van der Waals surface area contributed by atoms with Gasteiger partial charge in [0.25, 0.3) is 0 Å². The molecule has 2 rings (SSSR count). The first-order valence-corrected chi connectivity index (χ1v) is 6.19. The van der Waals surface area contributed by atoms with Crippen LogP contribution in [0, 0.1) is 5.41 Å². The molecule has 0 aromatic carbocycles. The fourth-order valence-electron chi connectivity index (χ4n) is 2.73. The fraction of sp³-hybridized carbons (Fsp3) is 0.571. The summed E-state index contributed by atoms with van der Waals surface area (Å²) in [5.41, 5.74) is 7.60. The zero-order valence-electron chi connectivity index (χ0n) is 10.0. The van der Waals surface area contributed by atoms with Crippen LogP contribution in [0.3, 0.4) is 0 Å². The molecule has 1 aliphatic rings. The molecule has 0 aliphatic heterocycles. The van der Waals surface area contributed by atoms with E-state index in [0.717, 1.165) is 12.3 Å². The summed E-state index contributed by atoms with van der Waals surface area (Å²) in [6.07, 6.45) is 10.3. The highest BCUT2D eigenvalue weighted by Gasteiger charge is 2.32. The molecule has 2 N–H and O–H groups in total. The van der Waals surface area contributed by atoms with Gasteiger partial charge in [0.05, 0.1) is 6.26 Å². The summed E-state index contributed by atoms with van der Waals surface area (Å²) in [4.78, 5) is 0. The summed E-state index contributed by atoms with van der Waals surface area (Å²) >= 11 is 0. The molecule has 1 aliphatic carbocycles. The molecule has 0 atom stereocenters. The Kier molecular flexibility index (Phi) is 3.49.